The molecule has 1 saturated heterocycles. The molecule has 8 heteroatoms. The number of piperidine rings is 1. The van der Waals surface area contributed by atoms with E-state index in [0.717, 1.165) is 31.6 Å². The monoisotopic (exact) mass is 415 g/mol. The molecular formula is C21H22ClN3O4. The van der Waals surface area contributed by atoms with Crippen molar-refractivity contribution < 1.29 is 19.1 Å². The average molecular weight is 416 g/mol. The molecule has 0 atom stereocenters. The first kappa shape index (κ1) is 19.4. The highest BCUT2D eigenvalue weighted by atomic mass is 35.5. The van der Waals surface area contributed by atoms with Crippen LogP contribution in [0.5, 0.6) is 11.5 Å². The highest BCUT2D eigenvalue weighted by Crippen LogP contribution is 2.39. The van der Waals surface area contributed by atoms with Gasteiger partial charge in [0.05, 0.1) is 16.4 Å². The second-order valence-electron chi connectivity index (χ2n) is 7.08. The molecule has 2 aromatic rings. The van der Waals surface area contributed by atoms with Crippen LogP contribution in [-0.4, -0.2) is 38.1 Å². The number of hydrogen-bond acceptors (Lipinski definition) is 5. The number of rotatable bonds is 4. The molecule has 4 rings (SSSR count). The summed E-state index contributed by atoms with van der Waals surface area (Å²) < 4.78 is 11.1. The van der Waals surface area contributed by atoms with Crippen molar-refractivity contribution in [1.29, 1.82) is 0 Å². The molecule has 0 bridgehead atoms. The Kier molecular flexibility index (Phi) is 5.49. The molecule has 0 aromatic heterocycles. The molecule has 2 heterocycles. The van der Waals surface area contributed by atoms with Crippen molar-refractivity contribution in [2.24, 2.45) is 5.73 Å². The predicted molar refractivity (Wildman–Crippen MR) is 111 cm³/mol. The number of nitrogens with two attached hydrogens (primary N) is 1. The van der Waals surface area contributed by atoms with Gasteiger partial charge in [-0.3, -0.25) is 9.59 Å². The number of amides is 2. The number of halogens is 1. The summed E-state index contributed by atoms with van der Waals surface area (Å²) in [7, 11) is 0. The minimum absolute atomic E-state index is 0.314. The van der Waals surface area contributed by atoms with Gasteiger partial charge in [-0.2, -0.15) is 0 Å². The van der Waals surface area contributed by atoms with E-state index in [4.69, 9.17) is 26.8 Å². The van der Waals surface area contributed by atoms with Gasteiger partial charge in [0.2, 0.25) is 5.91 Å². The van der Waals surface area contributed by atoms with Crippen molar-refractivity contribution in [2.45, 2.75) is 19.3 Å². The molecule has 2 aliphatic rings. The Bertz CT molecular complexity index is 957. The zero-order valence-corrected chi connectivity index (χ0v) is 16.6. The van der Waals surface area contributed by atoms with E-state index in [1.54, 1.807) is 24.3 Å². The summed E-state index contributed by atoms with van der Waals surface area (Å²) in [5.74, 6) is -0.0212. The zero-order valence-electron chi connectivity index (χ0n) is 15.9. The summed E-state index contributed by atoms with van der Waals surface area (Å²) in [6.45, 7) is 2.61. The number of ether oxygens (including phenoxy) is 2. The quantitative estimate of drug-likeness (QED) is 0.797. The Morgan fingerprint density at radius 3 is 2.52 bits per heavy atom. The summed E-state index contributed by atoms with van der Waals surface area (Å²) >= 11 is 6.26. The number of anilines is 2. The number of fused-ring (bicyclic) bond motifs is 1. The van der Waals surface area contributed by atoms with Gasteiger partial charge in [-0.05, 0) is 49.6 Å². The highest BCUT2D eigenvalue weighted by Gasteiger charge is 2.21. The van der Waals surface area contributed by atoms with Crippen LogP contribution in [0.3, 0.4) is 0 Å². The van der Waals surface area contributed by atoms with E-state index < -0.39 is 5.91 Å². The number of benzene rings is 2. The molecule has 2 aromatic carbocycles. The summed E-state index contributed by atoms with van der Waals surface area (Å²) in [6.07, 6.45) is 3.36. The molecule has 0 radical (unpaired) electrons. The van der Waals surface area contributed by atoms with Gasteiger partial charge >= 0.3 is 0 Å². The lowest BCUT2D eigenvalue weighted by Gasteiger charge is -2.30. The Labute approximate surface area is 173 Å². The Hall–Kier alpha value is -2.93. The van der Waals surface area contributed by atoms with E-state index in [1.165, 1.54) is 6.42 Å². The van der Waals surface area contributed by atoms with Crippen LogP contribution < -0.4 is 25.4 Å². The maximum atomic E-state index is 13.0. The molecule has 152 valence electrons. The molecule has 3 N–H and O–H groups in total. The first-order chi connectivity index (χ1) is 14.0. The lowest BCUT2D eigenvalue weighted by atomic mass is 10.1. The van der Waals surface area contributed by atoms with Crippen LogP contribution in [0, 0.1) is 0 Å². The van der Waals surface area contributed by atoms with Crippen LogP contribution in [-0.2, 0) is 0 Å². The first-order valence-electron chi connectivity index (χ1n) is 9.62. The molecule has 2 amide bonds. The normalized spacial score (nSPS) is 15.7. The van der Waals surface area contributed by atoms with Gasteiger partial charge in [0.25, 0.3) is 5.91 Å². The van der Waals surface area contributed by atoms with E-state index >= 15 is 0 Å². The highest BCUT2D eigenvalue weighted by molar-refractivity contribution is 6.32. The number of nitrogens with zero attached hydrogens (tertiary/aromatic N) is 1. The van der Waals surface area contributed by atoms with Gasteiger partial charge in [0.1, 0.15) is 13.2 Å². The molecule has 0 spiro atoms. The second kappa shape index (κ2) is 8.21. The van der Waals surface area contributed by atoms with Gasteiger partial charge in [-0.1, -0.05) is 11.6 Å². The summed E-state index contributed by atoms with van der Waals surface area (Å²) in [5, 5.41) is 3.22. The minimum Gasteiger partial charge on any atom is -0.486 e. The van der Waals surface area contributed by atoms with E-state index in [1.807, 2.05) is 6.07 Å². The molecule has 0 saturated carbocycles. The van der Waals surface area contributed by atoms with Gasteiger partial charge in [-0.15, -0.1) is 0 Å². The summed E-state index contributed by atoms with van der Waals surface area (Å²) in [5.41, 5.74) is 7.52. The van der Waals surface area contributed by atoms with Crippen LogP contribution in [0.15, 0.2) is 30.3 Å². The molecule has 2 aliphatic heterocycles. The van der Waals surface area contributed by atoms with Crippen molar-refractivity contribution in [3.8, 4) is 11.5 Å². The average Bonchev–Trinajstić information content (AvgIpc) is 2.74. The maximum Gasteiger partial charge on any atom is 0.255 e. The van der Waals surface area contributed by atoms with Crippen LogP contribution >= 0.6 is 11.6 Å². The summed E-state index contributed by atoms with van der Waals surface area (Å²) in [6, 6.07) is 8.28. The van der Waals surface area contributed by atoms with Crippen molar-refractivity contribution >= 4 is 34.8 Å². The fourth-order valence-corrected chi connectivity index (χ4v) is 3.90. The Morgan fingerprint density at radius 2 is 1.76 bits per heavy atom. The van der Waals surface area contributed by atoms with Gasteiger partial charge < -0.3 is 25.4 Å². The number of hydrogen-bond donors (Lipinski definition) is 2. The Balaban J connectivity index is 1.65. The molecule has 1 fully saturated rings. The molecular weight excluding hydrogens is 394 g/mol. The van der Waals surface area contributed by atoms with Gasteiger partial charge in [0, 0.05) is 24.2 Å². The standard InChI is InChI=1S/C21H22ClN3O4/c22-15-10-14(12-18-19(15)29-9-8-28-18)21(27)24-16-11-13(20(23)26)4-5-17(16)25-6-2-1-3-7-25/h4-5,10-12H,1-3,6-9H2,(H2,23,26)(H,24,27). The number of carbonyl (C=O) groups is 2. The minimum atomic E-state index is -0.548. The first-order valence-corrected chi connectivity index (χ1v) is 10.00. The van der Waals surface area contributed by atoms with Crippen molar-refractivity contribution in [3.63, 3.8) is 0 Å². The van der Waals surface area contributed by atoms with Crippen LogP contribution in [0.25, 0.3) is 0 Å². The van der Waals surface area contributed by atoms with Gasteiger partial charge in [0.15, 0.2) is 11.5 Å². The smallest absolute Gasteiger partial charge is 0.255 e. The second-order valence-corrected chi connectivity index (χ2v) is 7.49. The van der Waals surface area contributed by atoms with E-state index in [9.17, 15) is 9.59 Å². The van der Waals surface area contributed by atoms with Crippen molar-refractivity contribution in [3.05, 3.63) is 46.5 Å². The van der Waals surface area contributed by atoms with Crippen molar-refractivity contribution in [1.82, 2.24) is 0 Å². The Morgan fingerprint density at radius 1 is 1.00 bits per heavy atom. The largest absolute Gasteiger partial charge is 0.486 e. The van der Waals surface area contributed by atoms with E-state index in [0.29, 0.717) is 46.5 Å². The molecule has 7 nitrogen and oxygen atoms in total. The topological polar surface area (TPSA) is 93.9 Å². The number of primary amides is 1. The fraction of sp³-hybridized carbons (Fsp3) is 0.333. The third-order valence-electron chi connectivity index (χ3n) is 5.09. The third-order valence-corrected chi connectivity index (χ3v) is 5.37. The maximum absolute atomic E-state index is 13.0. The fourth-order valence-electron chi connectivity index (χ4n) is 3.64. The van der Waals surface area contributed by atoms with E-state index in [-0.39, 0.29) is 5.91 Å². The van der Waals surface area contributed by atoms with E-state index in [2.05, 4.69) is 10.2 Å². The molecule has 0 unspecified atom stereocenters. The summed E-state index contributed by atoms with van der Waals surface area (Å²) in [4.78, 5) is 26.8. The van der Waals surface area contributed by atoms with Gasteiger partial charge in [-0.25, -0.2) is 0 Å². The third kappa shape index (κ3) is 4.10. The van der Waals surface area contributed by atoms with Crippen LogP contribution in [0.1, 0.15) is 40.0 Å². The molecule has 0 aliphatic carbocycles. The van der Waals surface area contributed by atoms with Crippen LogP contribution in [0.4, 0.5) is 11.4 Å². The lowest BCUT2D eigenvalue weighted by Crippen LogP contribution is -2.30. The predicted octanol–water partition coefficient (Wildman–Crippen LogP) is 3.45. The van der Waals surface area contributed by atoms with Crippen LogP contribution in [0.2, 0.25) is 5.02 Å². The SMILES string of the molecule is NC(=O)c1ccc(N2CCCCC2)c(NC(=O)c2cc(Cl)c3c(c2)OCCO3)c1. The molecule has 29 heavy (non-hydrogen) atoms. The number of carbonyl (C=O) groups excluding carboxylic acids is 2. The lowest BCUT2D eigenvalue weighted by molar-refractivity contribution is 0.0996. The zero-order chi connectivity index (χ0) is 20.4. The van der Waals surface area contributed by atoms with Crippen molar-refractivity contribution in [2.75, 3.05) is 36.5 Å². The number of nitrogens with one attached hydrogen (secondary N) is 1.